The van der Waals surface area contributed by atoms with E-state index in [1.165, 1.54) is 23.4 Å². The number of carbonyl (C=O) groups is 1. The average Bonchev–Trinajstić information content (AvgIpc) is 2.56. The first kappa shape index (κ1) is 18.3. The molecule has 1 atom stereocenters. The third kappa shape index (κ3) is 6.24. The molecule has 0 aromatic heterocycles. The van der Waals surface area contributed by atoms with E-state index in [1.54, 1.807) is 18.2 Å². The van der Waals surface area contributed by atoms with Crippen LogP contribution in [0.5, 0.6) is 5.75 Å². The highest BCUT2D eigenvalue weighted by molar-refractivity contribution is 7.99. The van der Waals surface area contributed by atoms with Crippen molar-refractivity contribution in [2.24, 2.45) is 0 Å². The minimum atomic E-state index is -0.231. The number of hydrogen-bond donors (Lipinski definition) is 1. The number of halogens is 1. The van der Waals surface area contributed by atoms with E-state index in [9.17, 15) is 9.18 Å². The summed E-state index contributed by atoms with van der Waals surface area (Å²) in [5.41, 5.74) is 1.79. The van der Waals surface area contributed by atoms with Gasteiger partial charge in [-0.25, -0.2) is 4.39 Å². The van der Waals surface area contributed by atoms with Crippen molar-refractivity contribution < 1.29 is 13.9 Å². The molecule has 128 valence electrons. The second-order valence-corrected chi connectivity index (χ2v) is 6.66. The molecule has 0 saturated heterocycles. The summed E-state index contributed by atoms with van der Waals surface area (Å²) in [7, 11) is 0. The van der Waals surface area contributed by atoms with Crippen molar-refractivity contribution in [1.29, 1.82) is 0 Å². The van der Waals surface area contributed by atoms with Crippen molar-refractivity contribution in [3.05, 3.63) is 65.5 Å². The fraction of sp³-hybridized carbons (Fsp3) is 0.316. The molecule has 1 N–H and O–H groups in total. The van der Waals surface area contributed by atoms with Gasteiger partial charge in [0.25, 0.3) is 0 Å². The first-order valence-electron chi connectivity index (χ1n) is 7.84. The maximum Gasteiger partial charge on any atom is 0.230 e. The molecule has 3 nitrogen and oxygen atoms in total. The maximum atomic E-state index is 13.5. The van der Waals surface area contributed by atoms with Crippen LogP contribution in [0.1, 0.15) is 18.1 Å². The van der Waals surface area contributed by atoms with E-state index in [-0.39, 0.29) is 17.8 Å². The highest BCUT2D eigenvalue weighted by Gasteiger charge is 2.09. The van der Waals surface area contributed by atoms with E-state index < -0.39 is 0 Å². The number of hydrogen-bond acceptors (Lipinski definition) is 3. The predicted octanol–water partition coefficient (Wildman–Crippen LogP) is 3.95. The Morgan fingerprint density at radius 1 is 1.21 bits per heavy atom. The van der Waals surface area contributed by atoms with Crippen LogP contribution in [-0.4, -0.2) is 24.3 Å². The predicted molar refractivity (Wildman–Crippen MR) is 96.8 cm³/mol. The summed E-state index contributed by atoms with van der Waals surface area (Å²) in [6.45, 7) is 4.33. The summed E-state index contributed by atoms with van der Waals surface area (Å²) < 4.78 is 19.1. The van der Waals surface area contributed by atoms with Gasteiger partial charge in [0.05, 0.1) is 11.8 Å². The number of benzene rings is 2. The molecule has 0 bridgehead atoms. The van der Waals surface area contributed by atoms with E-state index in [0.717, 1.165) is 5.75 Å². The van der Waals surface area contributed by atoms with Gasteiger partial charge in [-0.2, -0.15) is 0 Å². The lowest BCUT2D eigenvalue weighted by Crippen LogP contribution is -2.37. The maximum absolute atomic E-state index is 13.5. The number of aryl methyl sites for hydroxylation is 1. The molecule has 0 saturated carbocycles. The molecule has 0 unspecified atom stereocenters. The molecule has 0 aliphatic carbocycles. The number of carbonyl (C=O) groups excluding carboxylic acids is 1. The highest BCUT2D eigenvalue weighted by Crippen LogP contribution is 2.15. The molecule has 0 radical (unpaired) electrons. The molecule has 5 heteroatoms. The molecule has 0 spiro atoms. The van der Waals surface area contributed by atoms with Gasteiger partial charge in [-0.3, -0.25) is 4.79 Å². The Hall–Kier alpha value is -2.01. The summed E-state index contributed by atoms with van der Waals surface area (Å²) in [6.07, 6.45) is 0. The van der Waals surface area contributed by atoms with Crippen LogP contribution in [0.15, 0.2) is 48.5 Å². The molecular formula is C19H22FNO2S. The number of thioether (sulfide) groups is 1. The number of ether oxygens (including phenoxy) is 1. The minimum Gasteiger partial charge on any atom is -0.491 e. The lowest BCUT2D eigenvalue weighted by molar-refractivity contribution is -0.119. The van der Waals surface area contributed by atoms with E-state index in [2.05, 4.69) is 5.32 Å². The first-order chi connectivity index (χ1) is 11.5. The first-order valence-corrected chi connectivity index (χ1v) is 9.00. The summed E-state index contributed by atoms with van der Waals surface area (Å²) in [5, 5.41) is 2.88. The van der Waals surface area contributed by atoms with Gasteiger partial charge in [0.15, 0.2) is 0 Å². The second kappa shape index (κ2) is 9.33. The molecule has 2 aromatic rings. The van der Waals surface area contributed by atoms with Crippen LogP contribution in [0.2, 0.25) is 0 Å². The Balaban J connectivity index is 1.66. The summed E-state index contributed by atoms with van der Waals surface area (Å²) in [6, 6.07) is 14.3. The van der Waals surface area contributed by atoms with Gasteiger partial charge in [-0.05, 0) is 37.6 Å². The van der Waals surface area contributed by atoms with Gasteiger partial charge in [-0.15, -0.1) is 11.8 Å². The Bertz CT molecular complexity index is 661. The molecular weight excluding hydrogens is 325 g/mol. The Labute approximate surface area is 146 Å². The topological polar surface area (TPSA) is 38.3 Å². The molecule has 1 amide bonds. The van der Waals surface area contributed by atoms with Gasteiger partial charge in [0.2, 0.25) is 5.91 Å². The smallest absolute Gasteiger partial charge is 0.230 e. The van der Waals surface area contributed by atoms with Crippen molar-refractivity contribution in [3.63, 3.8) is 0 Å². The standard InChI is InChI=1S/C19H22FNO2S/c1-14-7-9-17(10-8-14)23-11-15(2)21-19(22)13-24-12-16-5-3-4-6-18(16)20/h3-10,15H,11-13H2,1-2H3,(H,21,22)/t15-/m1/s1. The van der Waals surface area contributed by atoms with Crippen LogP contribution in [0.3, 0.4) is 0 Å². The zero-order chi connectivity index (χ0) is 17.4. The van der Waals surface area contributed by atoms with E-state index in [1.807, 2.05) is 38.1 Å². The van der Waals surface area contributed by atoms with Crippen LogP contribution in [0.25, 0.3) is 0 Å². The molecule has 0 fully saturated rings. The molecule has 0 aliphatic rings. The quantitative estimate of drug-likeness (QED) is 0.786. The van der Waals surface area contributed by atoms with E-state index in [0.29, 0.717) is 23.7 Å². The number of rotatable bonds is 8. The fourth-order valence-corrected chi connectivity index (χ4v) is 2.91. The molecule has 2 rings (SSSR count). The number of amides is 1. The van der Waals surface area contributed by atoms with Crippen LogP contribution >= 0.6 is 11.8 Å². The average molecular weight is 347 g/mol. The Morgan fingerprint density at radius 2 is 1.92 bits per heavy atom. The van der Waals surface area contributed by atoms with Crippen LogP contribution in [0, 0.1) is 12.7 Å². The van der Waals surface area contributed by atoms with Crippen molar-refractivity contribution >= 4 is 17.7 Å². The van der Waals surface area contributed by atoms with Crippen molar-refractivity contribution in [2.45, 2.75) is 25.6 Å². The molecule has 24 heavy (non-hydrogen) atoms. The Kier molecular flexibility index (Phi) is 7.12. The van der Waals surface area contributed by atoms with Crippen LogP contribution in [-0.2, 0) is 10.5 Å². The zero-order valence-corrected chi connectivity index (χ0v) is 14.7. The zero-order valence-electron chi connectivity index (χ0n) is 13.9. The summed E-state index contributed by atoms with van der Waals surface area (Å²) in [5.74, 6) is 1.26. The van der Waals surface area contributed by atoms with Crippen molar-refractivity contribution in [1.82, 2.24) is 5.32 Å². The largest absolute Gasteiger partial charge is 0.491 e. The third-order valence-corrected chi connectivity index (χ3v) is 4.36. The number of nitrogens with one attached hydrogen (secondary N) is 1. The van der Waals surface area contributed by atoms with E-state index in [4.69, 9.17) is 4.74 Å². The second-order valence-electron chi connectivity index (χ2n) is 5.68. The van der Waals surface area contributed by atoms with Crippen LogP contribution in [0.4, 0.5) is 4.39 Å². The molecule has 2 aromatic carbocycles. The highest BCUT2D eigenvalue weighted by atomic mass is 32.2. The van der Waals surface area contributed by atoms with Gasteiger partial charge in [0.1, 0.15) is 18.2 Å². The third-order valence-electron chi connectivity index (χ3n) is 3.38. The van der Waals surface area contributed by atoms with Gasteiger partial charge >= 0.3 is 0 Å². The monoisotopic (exact) mass is 347 g/mol. The molecule has 0 heterocycles. The van der Waals surface area contributed by atoms with Gasteiger partial charge in [-0.1, -0.05) is 35.9 Å². The van der Waals surface area contributed by atoms with Gasteiger partial charge < -0.3 is 10.1 Å². The SMILES string of the molecule is Cc1ccc(OC[C@@H](C)NC(=O)CSCc2ccccc2F)cc1. The fourth-order valence-electron chi connectivity index (χ4n) is 2.08. The Morgan fingerprint density at radius 3 is 2.62 bits per heavy atom. The van der Waals surface area contributed by atoms with E-state index >= 15 is 0 Å². The lowest BCUT2D eigenvalue weighted by Gasteiger charge is -2.15. The van der Waals surface area contributed by atoms with Crippen LogP contribution < -0.4 is 10.1 Å². The van der Waals surface area contributed by atoms with Gasteiger partial charge in [0, 0.05) is 5.75 Å². The minimum absolute atomic E-state index is 0.0728. The molecule has 0 aliphatic heterocycles. The summed E-state index contributed by atoms with van der Waals surface area (Å²) in [4.78, 5) is 11.9. The van der Waals surface area contributed by atoms with Crippen molar-refractivity contribution in [3.8, 4) is 5.75 Å². The summed E-state index contributed by atoms with van der Waals surface area (Å²) >= 11 is 1.39. The van der Waals surface area contributed by atoms with Crippen molar-refractivity contribution in [2.75, 3.05) is 12.4 Å². The lowest BCUT2D eigenvalue weighted by atomic mass is 10.2. The normalized spacial score (nSPS) is 11.8.